The first kappa shape index (κ1) is 21.2. The van der Waals surface area contributed by atoms with Gasteiger partial charge in [0.25, 0.3) is 0 Å². The Kier molecular flexibility index (Phi) is 6.48. The Labute approximate surface area is 172 Å². The summed E-state index contributed by atoms with van der Waals surface area (Å²) in [5.74, 6) is -1.77. The molecule has 1 atom stereocenters. The van der Waals surface area contributed by atoms with Crippen molar-refractivity contribution in [2.75, 3.05) is 49.1 Å². The largest absolute Gasteiger partial charge is 0.442 e. The van der Waals surface area contributed by atoms with E-state index in [1.54, 1.807) is 16.8 Å². The maximum Gasteiger partial charge on any atom is 0.414 e. The third-order valence-corrected chi connectivity index (χ3v) is 4.96. The highest BCUT2D eigenvalue weighted by molar-refractivity contribution is 7.80. The van der Waals surface area contributed by atoms with Crippen molar-refractivity contribution in [1.29, 1.82) is 0 Å². The van der Waals surface area contributed by atoms with Gasteiger partial charge in [-0.05, 0) is 6.92 Å². The molecule has 2 saturated heterocycles. The van der Waals surface area contributed by atoms with E-state index in [1.807, 2.05) is 0 Å². The fourth-order valence-corrected chi connectivity index (χ4v) is 3.49. The molecule has 0 saturated carbocycles. The van der Waals surface area contributed by atoms with Gasteiger partial charge in [-0.2, -0.15) is 0 Å². The number of benzene rings is 1. The molecule has 1 aromatic rings. The Hall–Kier alpha value is -2.53. The molecule has 29 heavy (non-hydrogen) atoms. The zero-order valence-corrected chi connectivity index (χ0v) is 17.0. The highest BCUT2D eigenvalue weighted by Gasteiger charge is 2.34. The molecule has 1 unspecified atom stereocenters. The van der Waals surface area contributed by atoms with Crippen LogP contribution in [-0.4, -0.2) is 67.4 Å². The average molecular weight is 427 g/mol. The predicted molar refractivity (Wildman–Crippen MR) is 108 cm³/mol. The first-order valence-electron chi connectivity index (χ1n) is 9.24. The molecule has 0 aliphatic carbocycles. The van der Waals surface area contributed by atoms with E-state index in [2.05, 4.69) is 10.7 Å². The van der Waals surface area contributed by atoms with Crippen molar-refractivity contribution in [3.8, 4) is 0 Å². The number of rotatable bonds is 4. The van der Waals surface area contributed by atoms with Crippen molar-refractivity contribution in [1.82, 2.24) is 15.8 Å². The Bertz CT molecular complexity index is 802. The minimum Gasteiger partial charge on any atom is -0.442 e. The van der Waals surface area contributed by atoms with Crippen molar-refractivity contribution in [3.63, 3.8) is 0 Å². The molecular weight excluding hydrogens is 404 g/mol. The van der Waals surface area contributed by atoms with Gasteiger partial charge in [0.1, 0.15) is 11.8 Å². The van der Waals surface area contributed by atoms with Crippen molar-refractivity contribution < 1.29 is 23.1 Å². The molecule has 3 rings (SSSR count). The van der Waals surface area contributed by atoms with E-state index in [0.29, 0.717) is 31.2 Å². The molecule has 2 amide bonds. The molecule has 0 spiro atoms. The lowest BCUT2D eigenvalue weighted by molar-refractivity contribution is -0.119. The van der Waals surface area contributed by atoms with Gasteiger partial charge < -0.3 is 20.0 Å². The molecule has 0 aromatic heterocycles. The van der Waals surface area contributed by atoms with Crippen LogP contribution < -0.4 is 20.5 Å². The Morgan fingerprint density at radius 2 is 1.97 bits per heavy atom. The van der Waals surface area contributed by atoms with Crippen LogP contribution in [0.25, 0.3) is 0 Å². The number of carbonyl (C=O) groups is 2. The lowest BCUT2D eigenvalue weighted by atomic mass is 10.2. The minimum atomic E-state index is -0.759. The van der Waals surface area contributed by atoms with Crippen LogP contribution in [0.1, 0.15) is 13.8 Å². The Morgan fingerprint density at radius 3 is 2.59 bits per heavy atom. The third-order valence-electron chi connectivity index (χ3n) is 4.74. The number of nitrogens with zero attached hydrogens (tertiary/aromatic N) is 3. The van der Waals surface area contributed by atoms with Gasteiger partial charge in [-0.3, -0.25) is 9.69 Å². The summed E-state index contributed by atoms with van der Waals surface area (Å²) in [5.41, 5.74) is 3.05. The van der Waals surface area contributed by atoms with E-state index in [9.17, 15) is 18.4 Å². The van der Waals surface area contributed by atoms with Gasteiger partial charge in [0.05, 0.1) is 30.3 Å². The topological polar surface area (TPSA) is 77.2 Å². The first-order chi connectivity index (χ1) is 13.8. The highest BCUT2D eigenvalue weighted by atomic mass is 32.1. The van der Waals surface area contributed by atoms with Crippen LogP contribution in [0, 0.1) is 11.6 Å². The van der Waals surface area contributed by atoms with Crippen LogP contribution in [0.5, 0.6) is 0 Å². The number of hydrogen-bond donors (Lipinski definition) is 2. The third kappa shape index (κ3) is 4.91. The number of ether oxygens (including phenoxy) is 1. The summed E-state index contributed by atoms with van der Waals surface area (Å²) in [6.07, 6.45) is -1.30. The van der Waals surface area contributed by atoms with Crippen LogP contribution in [0.2, 0.25) is 0 Å². The molecule has 8 nitrogen and oxygen atoms in total. The number of hydrogen-bond acceptors (Lipinski definition) is 6. The molecule has 1 aromatic carbocycles. The molecule has 2 aliphatic heterocycles. The maximum atomic E-state index is 14.8. The maximum absolute atomic E-state index is 14.8. The number of cyclic esters (lactones) is 1. The Morgan fingerprint density at radius 1 is 1.28 bits per heavy atom. The molecule has 11 heteroatoms. The van der Waals surface area contributed by atoms with E-state index in [4.69, 9.17) is 17.0 Å². The minimum absolute atomic E-state index is 0.0726. The average Bonchev–Trinajstić information content (AvgIpc) is 2.85. The molecule has 2 fully saturated rings. The van der Waals surface area contributed by atoms with Gasteiger partial charge in [-0.1, -0.05) is 12.2 Å². The van der Waals surface area contributed by atoms with Gasteiger partial charge in [0.15, 0.2) is 11.6 Å². The second-order valence-electron chi connectivity index (χ2n) is 6.88. The highest BCUT2D eigenvalue weighted by Crippen LogP contribution is 2.31. The second kappa shape index (κ2) is 8.87. The molecule has 0 bridgehead atoms. The normalized spacial score (nSPS) is 19.8. The van der Waals surface area contributed by atoms with Gasteiger partial charge in [-0.25, -0.2) is 19.0 Å². The SMILES string of the molecule is CC(=O)NCC1CN(c2cc(F)c(N3CCNN(C(C)=S)CC3)c(F)c2)C(=O)O1. The molecule has 0 radical (unpaired) electrons. The van der Waals surface area contributed by atoms with Gasteiger partial charge >= 0.3 is 6.09 Å². The quantitative estimate of drug-likeness (QED) is 0.704. The van der Waals surface area contributed by atoms with E-state index in [1.165, 1.54) is 6.92 Å². The molecule has 2 N–H and O–H groups in total. The summed E-state index contributed by atoms with van der Waals surface area (Å²) in [4.78, 5) is 26.5. The fraction of sp³-hybridized carbons (Fsp3) is 0.500. The summed E-state index contributed by atoms with van der Waals surface area (Å²) in [5, 5.41) is 4.33. The van der Waals surface area contributed by atoms with Gasteiger partial charge in [-0.15, -0.1) is 0 Å². The molecular formula is C18H23F2N5O3S. The standard InChI is InChI=1S/C18H23F2N5O3S/c1-11(26)21-9-14-10-24(18(27)28-14)13-7-15(19)17(16(20)8-13)23-4-3-22-25(6-5-23)12(2)29/h7-8,14,22H,3-6,9-10H2,1-2H3,(H,21,26). The van der Waals surface area contributed by atoms with E-state index < -0.39 is 23.8 Å². The number of carbonyl (C=O) groups excluding carboxylic acids is 2. The van der Waals surface area contributed by atoms with E-state index in [-0.39, 0.29) is 30.4 Å². The number of thiocarbonyl (C=S) groups is 1. The lowest BCUT2D eigenvalue weighted by Gasteiger charge is -2.25. The number of halogens is 2. The second-order valence-corrected chi connectivity index (χ2v) is 7.47. The monoisotopic (exact) mass is 427 g/mol. The fourth-order valence-electron chi connectivity index (χ4n) is 3.33. The zero-order chi connectivity index (χ0) is 21.1. The van der Waals surface area contributed by atoms with Crippen LogP contribution in [0.3, 0.4) is 0 Å². The predicted octanol–water partition coefficient (Wildman–Crippen LogP) is 1.40. The van der Waals surface area contributed by atoms with E-state index >= 15 is 0 Å². The van der Waals surface area contributed by atoms with Gasteiger partial charge in [0, 0.05) is 38.7 Å². The number of nitrogens with one attached hydrogen (secondary N) is 2. The van der Waals surface area contributed by atoms with Crippen molar-refractivity contribution in [2.45, 2.75) is 20.0 Å². The molecule has 158 valence electrons. The summed E-state index contributed by atoms with van der Waals surface area (Å²) in [6.45, 7) is 5.11. The summed E-state index contributed by atoms with van der Waals surface area (Å²) < 4.78 is 34.8. The van der Waals surface area contributed by atoms with Crippen LogP contribution in [0.4, 0.5) is 25.0 Å². The number of anilines is 2. The first-order valence-corrected chi connectivity index (χ1v) is 9.65. The lowest BCUT2D eigenvalue weighted by Crippen LogP contribution is -2.41. The summed E-state index contributed by atoms with van der Waals surface area (Å²) >= 11 is 5.14. The van der Waals surface area contributed by atoms with Crippen molar-refractivity contribution in [2.24, 2.45) is 0 Å². The summed E-state index contributed by atoms with van der Waals surface area (Å²) in [6, 6.07) is 2.25. The molecule has 2 aliphatic rings. The van der Waals surface area contributed by atoms with Crippen LogP contribution in [0.15, 0.2) is 12.1 Å². The zero-order valence-electron chi connectivity index (χ0n) is 16.2. The Balaban J connectivity index is 1.75. The van der Waals surface area contributed by atoms with Crippen molar-refractivity contribution >= 4 is 40.6 Å². The molecule has 2 heterocycles. The van der Waals surface area contributed by atoms with Gasteiger partial charge in [0.2, 0.25) is 5.91 Å². The van der Waals surface area contributed by atoms with Crippen molar-refractivity contribution in [3.05, 3.63) is 23.8 Å². The van der Waals surface area contributed by atoms with Crippen LogP contribution in [-0.2, 0) is 9.53 Å². The number of hydrazine groups is 1. The van der Waals surface area contributed by atoms with E-state index in [0.717, 1.165) is 17.0 Å². The number of amides is 2. The smallest absolute Gasteiger partial charge is 0.414 e. The summed E-state index contributed by atoms with van der Waals surface area (Å²) in [7, 11) is 0. The van der Waals surface area contributed by atoms with Crippen LogP contribution >= 0.6 is 12.2 Å².